The molecule has 2 rings (SSSR count). The molecule has 0 aliphatic carbocycles. The fraction of sp³-hybridized carbons (Fsp3) is 0.400. The van der Waals surface area contributed by atoms with Crippen molar-refractivity contribution in [2.75, 3.05) is 11.5 Å². The minimum absolute atomic E-state index is 0.00403. The number of anilines is 1. The molecule has 0 bridgehead atoms. The van der Waals surface area contributed by atoms with Crippen molar-refractivity contribution in [1.29, 1.82) is 0 Å². The van der Waals surface area contributed by atoms with Crippen molar-refractivity contribution in [3.8, 4) is 0 Å². The summed E-state index contributed by atoms with van der Waals surface area (Å²) in [5, 5.41) is 11.7. The summed E-state index contributed by atoms with van der Waals surface area (Å²) in [4.78, 5) is 12.0. The molecule has 3 N–H and O–H groups in total. The third-order valence-electron chi connectivity index (χ3n) is 2.99. The van der Waals surface area contributed by atoms with Gasteiger partial charge >= 0.3 is 0 Å². The standard InChI is InChI=1S/C15H20N4OS2/c1-9-4-10(2)6-12(5-9)7-21-8-13(20)17-11(3)14-18-19-15(16)22-14/h4-6,11H,7-8H2,1-3H3,(H2,16,19)(H,17,20)/t11-/m0/s1. The minimum Gasteiger partial charge on any atom is -0.374 e. The lowest BCUT2D eigenvalue weighted by Gasteiger charge is -2.10. The van der Waals surface area contributed by atoms with Gasteiger partial charge in [0.05, 0.1) is 11.8 Å². The van der Waals surface area contributed by atoms with E-state index in [1.165, 1.54) is 28.0 Å². The van der Waals surface area contributed by atoms with Gasteiger partial charge in [-0.25, -0.2) is 0 Å². The summed E-state index contributed by atoms with van der Waals surface area (Å²) in [6.07, 6.45) is 0. The second-order valence-corrected chi connectivity index (χ2v) is 7.28. The van der Waals surface area contributed by atoms with Gasteiger partial charge in [-0.3, -0.25) is 4.79 Å². The molecule has 0 unspecified atom stereocenters. The molecule has 1 aromatic heterocycles. The molecule has 118 valence electrons. The predicted molar refractivity (Wildman–Crippen MR) is 93.0 cm³/mol. The molecular weight excluding hydrogens is 316 g/mol. The van der Waals surface area contributed by atoms with Gasteiger partial charge in [0.1, 0.15) is 5.01 Å². The highest BCUT2D eigenvalue weighted by Crippen LogP contribution is 2.19. The number of hydrogen-bond acceptors (Lipinski definition) is 6. The third-order valence-corrected chi connectivity index (χ3v) is 4.93. The normalized spacial score (nSPS) is 12.1. The van der Waals surface area contributed by atoms with Gasteiger partial charge in [-0.1, -0.05) is 40.7 Å². The van der Waals surface area contributed by atoms with Gasteiger partial charge in [0, 0.05) is 5.75 Å². The number of amides is 1. The van der Waals surface area contributed by atoms with Crippen LogP contribution in [-0.2, 0) is 10.5 Å². The molecule has 5 nitrogen and oxygen atoms in total. The average molecular weight is 336 g/mol. The van der Waals surface area contributed by atoms with Crippen LogP contribution < -0.4 is 11.1 Å². The molecule has 0 radical (unpaired) electrons. The van der Waals surface area contributed by atoms with Crippen molar-refractivity contribution in [1.82, 2.24) is 15.5 Å². The van der Waals surface area contributed by atoms with Crippen molar-refractivity contribution in [2.24, 2.45) is 0 Å². The van der Waals surface area contributed by atoms with E-state index in [0.29, 0.717) is 10.9 Å². The summed E-state index contributed by atoms with van der Waals surface area (Å²) < 4.78 is 0. The van der Waals surface area contributed by atoms with E-state index in [1.807, 2.05) is 6.92 Å². The van der Waals surface area contributed by atoms with E-state index in [4.69, 9.17) is 5.73 Å². The molecule has 2 aromatic rings. The lowest BCUT2D eigenvalue weighted by atomic mass is 10.1. The highest BCUT2D eigenvalue weighted by atomic mass is 32.2. The molecule has 1 aromatic carbocycles. The van der Waals surface area contributed by atoms with E-state index in [1.54, 1.807) is 11.8 Å². The fourth-order valence-corrected chi connectivity index (χ4v) is 3.57. The van der Waals surface area contributed by atoms with E-state index in [0.717, 1.165) is 10.8 Å². The monoisotopic (exact) mass is 336 g/mol. The van der Waals surface area contributed by atoms with E-state index < -0.39 is 0 Å². The van der Waals surface area contributed by atoms with Crippen LogP contribution in [0.1, 0.15) is 34.7 Å². The number of thioether (sulfide) groups is 1. The topological polar surface area (TPSA) is 80.9 Å². The SMILES string of the molecule is Cc1cc(C)cc(CSCC(=O)N[C@@H](C)c2nnc(N)s2)c1. The van der Waals surface area contributed by atoms with Gasteiger partial charge in [0.25, 0.3) is 0 Å². The van der Waals surface area contributed by atoms with Crippen molar-refractivity contribution in [3.63, 3.8) is 0 Å². The summed E-state index contributed by atoms with van der Waals surface area (Å²) in [7, 11) is 0. The number of nitrogens with two attached hydrogens (primary N) is 1. The first-order valence-electron chi connectivity index (χ1n) is 6.97. The molecule has 22 heavy (non-hydrogen) atoms. The first-order valence-corrected chi connectivity index (χ1v) is 8.94. The van der Waals surface area contributed by atoms with E-state index in [9.17, 15) is 4.79 Å². The second-order valence-electron chi connectivity index (χ2n) is 5.26. The minimum atomic E-state index is -0.163. The third kappa shape index (κ3) is 4.99. The lowest BCUT2D eigenvalue weighted by Crippen LogP contribution is -2.28. The Hall–Kier alpha value is -1.60. The number of hydrogen-bond donors (Lipinski definition) is 2. The number of rotatable bonds is 6. The highest BCUT2D eigenvalue weighted by molar-refractivity contribution is 7.99. The van der Waals surface area contributed by atoms with Crippen LogP contribution in [-0.4, -0.2) is 21.9 Å². The number of aryl methyl sites for hydroxylation is 2. The second kappa shape index (κ2) is 7.60. The molecular formula is C15H20N4OS2. The van der Waals surface area contributed by atoms with Crippen LogP contribution in [0.25, 0.3) is 0 Å². The van der Waals surface area contributed by atoms with Crippen molar-refractivity contribution in [2.45, 2.75) is 32.6 Å². The molecule has 1 atom stereocenters. The molecule has 0 saturated heterocycles. The number of nitrogens with one attached hydrogen (secondary N) is 1. The molecule has 1 heterocycles. The Balaban J connectivity index is 1.78. The van der Waals surface area contributed by atoms with E-state index >= 15 is 0 Å². The van der Waals surface area contributed by atoms with E-state index in [2.05, 4.69) is 47.6 Å². The molecule has 0 aliphatic heterocycles. The van der Waals surface area contributed by atoms with Crippen LogP contribution in [0.2, 0.25) is 0 Å². The van der Waals surface area contributed by atoms with Crippen LogP contribution in [0.3, 0.4) is 0 Å². The summed E-state index contributed by atoms with van der Waals surface area (Å²) in [5.41, 5.74) is 9.30. The molecule has 0 fully saturated rings. The van der Waals surface area contributed by atoms with Crippen molar-refractivity contribution >= 4 is 34.1 Å². The molecule has 0 spiro atoms. The summed E-state index contributed by atoms with van der Waals surface area (Å²) in [6.45, 7) is 6.05. The predicted octanol–water partition coefficient (Wildman–Crippen LogP) is 2.85. The Kier molecular flexibility index (Phi) is 5.79. The van der Waals surface area contributed by atoms with Crippen LogP contribution in [0.15, 0.2) is 18.2 Å². The van der Waals surface area contributed by atoms with E-state index in [-0.39, 0.29) is 11.9 Å². The van der Waals surface area contributed by atoms with Gasteiger partial charge in [-0.05, 0) is 26.3 Å². The smallest absolute Gasteiger partial charge is 0.230 e. The Morgan fingerprint density at radius 1 is 1.32 bits per heavy atom. The Bertz CT molecular complexity index is 636. The first kappa shape index (κ1) is 16.8. The molecule has 7 heteroatoms. The maximum absolute atomic E-state index is 12.0. The largest absolute Gasteiger partial charge is 0.374 e. The summed E-state index contributed by atoms with van der Waals surface area (Å²) in [5.74, 6) is 1.25. The fourth-order valence-electron chi connectivity index (χ4n) is 2.18. The molecule has 1 amide bonds. The van der Waals surface area contributed by atoms with Gasteiger partial charge in [-0.2, -0.15) is 0 Å². The summed E-state index contributed by atoms with van der Waals surface area (Å²) >= 11 is 2.90. The average Bonchev–Trinajstić information content (AvgIpc) is 2.84. The first-order chi connectivity index (χ1) is 10.4. The zero-order valence-electron chi connectivity index (χ0n) is 12.9. The number of aromatic nitrogens is 2. The van der Waals surface area contributed by atoms with Crippen molar-refractivity contribution < 1.29 is 4.79 Å². The number of nitrogens with zero attached hydrogens (tertiary/aromatic N) is 2. The van der Waals surface area contributed by atoms with Crippen LogP contribution in [0, 0.1) is 13.8 Å². The van der Waals surface area contributed by atoms with Gasteiger partial charge < -0.3 is 11.1 Å². The maximum atomic E-state index is 12.0. The Morgan fingerprint density at radius 2 is 2.00 bits per heavy atom. The molecule has 0 aliphatic rings. The van der Waals surface area contributed by atoms with Gasteiger partial charge in [0.15, 0.2) is 0 Å². The zero-order valence-corrected chi connectivity index (χ0v) is 14.6. The Labute approximate surface area is 138 Å². The number of carbonyl (C=O) groups is 1. The van der Waals surface area contributed by atoms with Gasteiger partial charge in [0.2, 0.25) is 11.0 Å². The number of benzene rings is 1. The van der Waals surface area contributed by atoms with Crippen molar-refractivity contribution in [3.05, 3.63) is 39.9 Å². The quantitative estimate of drug-likeness (QED) is 0.848. The van der Waals surface area contributed by atoms with Crippen LogP contribution >= 0.6 is 23.1 Å². The number of carbonyl (C=O) groups excluding carboxylic acids is 1. The maximum Gasteiger partial charge on any atom is 0.230 e. The van der Waals surface area contributed by atoms with Crippen LogP contribution in [0.4, 0.5) is 5.13 Å². The zero-order chi connectivity index (χ0) is 16.1. The highest BCUT2D eigenvalue weighted by Gasteiger charge is 2.13. The number of nitrogen functional groups attached to an aromatic ring is 1. The lowest BCUT2D eigenvalue weighted by molar-refractivity contribution is -0.119. The summed E-state index contributed by atoms with van der Waals surface area (Å²) in [6, 6.07) is 6.30. The van der Waals surface area contributed by atoms with Gasteiger partial charge in [-0.15, -0.1) is 22.0 Å². The van der Waals surface area contributed by atoms with Crippen LogP contribution in [0.5, 0.6) is 0 Å². The molecule has 0 saturated carbocycles. The Morgan fingerprint density at radius 3 is 2.59 bits per heavy atom.